The van der Waals surface area contributed by atoms with Crippen LogP contribution >= 0.6 is 0 Å². The maximum Gasteiger partial charge on any atom is 0.326 e. The minimum atomic E-state index is -1.10. The molecule has 0 aromatic rings. The maximum atomic E-state index is 13.0. The van der Waals surface area contributed by atoms with Gasteiger partial charge in [0.25, 0.3) is 0 Å². The third kappa shape index (κ3) is 10.3. The average molecular weight is 485 g/mol. The van der Waals surface area contributed by atoms with Crippen molar-refractivity contribution in [1.82, 2.24) is 15.5 Å². The summed E-state index contributed by atoms with van der Waals surface area (Å²) in [7, 11) is 0. The maximum absolute atomic E-state index is 13.0. The van der Waals surface area contributed by atoms with E-state index in [0.717, 1.165) is 0 Å². The van der Waals surface area contributed by atoms with Gasteiger partial charge in [-0.1, -0.05) is 0 Å². The Labute approximate surface area is 197 Å². The summed E-state index contributed by atoms with van der Waals surface area (Å²) in [5.41, 5.74) is 26.8. The SMILES string of the molecule is NC(N)=NCCCC(N)C(=O)NCC(=O)NC(CCCN=C(N)N)C(=O)N1CCCC1C(=O)O. The van der Waals surface area contributed by atoms with E-state index < -0.39 is 48.4 Å². The first-order chi connectivity index (χ1) is 16.0. The van der Waals surface area contributed by atoms with Crippen molar-refractivity contribution in [3.05, 3.63) is 0 Å². The fourth-order valence-corrected chi connectivity index (χ4v) is 3.44. The number of nitrogens with one attached hydrogen (secondary N) is 2. The average Bonchev–Trinajstić information content (AvgIpc) is 3.26. The third-order valence-electron chi connectivity index (χ3n) is 5.13. The minimum Gasteiger partial charge on any atom is -0.480 e. The summed E-state index contributed by atoms with van der Waals surface area (Å²) in [6.45, 7) is 0.430. The van der Waals surface area contributed by atoms with Gasteiger partial charge in [0, 0.05) is 19.6 Å². The second kappa shape index (κ2) is 14.5. The van der Waals surface area contributed by atoms with E-state index in [0.29, 0.717) is 38.6 Å². The first-order valence-corrected chi connectivity index (χ1v) is 11.0. The second-order valence-electron chi connectivity index (χ2n) is 7.87. The molecule has 13 N–H and O–H groups in total. The molecule has 1 aliphatic rings. The molecule has 1 rings (SSSR count). The number of amides is 3. The van der Waals surface area contributed by atoms with Crippen molar-refractivity contribution in [2.24, 2.45) is 38.7 Å². The van der Waals surface area contributed by atoms with Crippen LogP contribution in [0.2, 0.25) is 0 Å². The second-order valence-corrected chi connectivity index (χ2v) is 7.87. The van der Waals surface area contributed by atoms with Crippen LogP contribution in [0.3, 0.4) is 0 Å². The van der Waals surface area contributed by atoms with Crippen molar-refractivity contribution in [3.8, 4) is 0 Å². The molecule has 0 aliphatic carbocycles. The summed E-state index contributed by atoms with van der Waals surface area (Å²) >= 11 is 0. The third-order valence-corrected chi connectivity index (χ3v) is 5.13. The Bertz CT molecular complexity index is 779. The highest BCUT2D eigenvalue weighted by Gasteiger charge is 2.37. The standard InChI is InChI=1S/C19H36N10O5/c20-11(4-1-7-25-18(21)22)15(31)27-10-14(30)28-12(5-2-8-26-19(23)24)16(32)29-9-3-6-13(29)17(33)34/h11-13H,1-10,20H2,(H,27,31)(H,28,30)(H,33,34)(H4,21,22,25)(H4,23,24,26). The molecular formula is C19H36N10O5. The number of carbonyl (C=O) groups excluding carboxylic acids is 3. The van der Waals surface area contributed by atoms with Crippen LogP contribution in [0.4, 0.5) is 0 Å². The van der Waals surface area contributed by atoms with Gasteiger partial charge >= 0.3 is 5.97 Å². The van der Waals surface area contributed by atoms with E-state index in [9.17, 15) is 24.3 Å². The van der Waals surface area contributed by atoms with Gasteiger partial charge < -0.3 is 49.3 Å². The van der Waals surface area contributed by atoms with E-state index >= 15 is 0 Å². The van der Waals surface area contributed by atoms with Crippen molar-refractivity contribution in [2.45, 2.75) is 56.7 Å². The summed E-state index contributed by atoms with van der Waals surface area (Å²) < 4.78 is 0. The molecule has 3 unspecified atom stereocenters. The van der Waals surface area contributed by atoms with Gasteiger partial charge in [0.15, 0.2) is 11.9 Å². The van der Waals surface area contributed by atoms with Gasteiger partial charge in [-0.3, -0.25) is 24.4 Å². The molecule has 192 valence electrons. The zero-order valence-corrected chi connectivity index (χ0v) is 19.1. The molecule has 3 amide bonds. The molecule has 1 saturated heterocycles. The monoisotopic (exact) mass is 484 g/mol. The Morgan fingerprint density at radius 1 is 1.00 bits per heavy atom. The van der Waals surface area contributed by atoms with Crippen LogP contribution in [0.25, 0.3) is 0 Å². The van der Waals surface area contributed by atoms with E-state index in [1.165, 1.54) is 4.90 Å². The van der Waals surface area contributed by atoms with E-state index in [-0.39, 0.29) is 31.4 Å². The van der Waals surface area contributed by atoms with Crippen LogP contribution < -0.4 is 39.3 Å². The Balaban J connectivity index is 2.65. The lowest BCUT2D eigenvalue weighted by Gasteiger charge is -2.27. The van der Waals surface area contributed by atoms with Crippen LogP contribution in [0.5, 0.6) is 0 Å². The molecule has 0 aromatic carbocycles. The number of guanidine groups is 2. The Hall–Kier alpha value is -3.62. The summed E-state index contributed by atoms with van der Waals surface area (Å²) in [5, 5.41) is 14.4. The lowest BCUT2D eigenvalue weighted by molar-refractivity contribution is -0.149. The topological polar surface area (TPSA) is 271 Å². The molecular weight excluding hydrogens is 448 g/mol. The van der Waals surface area contributed by atoms with Gasteiger partial charge in [-0.25, -0.2) is 4.79 Å². The van der Waals surface area contributed by atoms with Crippen molar-refractivity contribution in [2.75, 3.05) is 26.2 Å². The van der Waals surface area contributed by atoms with Crippen molar-refractivity contribution < 1.29 is 24.3 Å². The fourth-order valence-electron chi connectivity index (χ4n) is 3.44. The highest BCUT2D eigenvalue weighted by atomic mass is 16.4. The Kier molecular flexibility index (Phi) is 12.1. The van der Waals surface area contributed by atoms with Gasteiger partial charge in [-0.15, -0.1) is 0 Å². The Morgan fingerprint density at radius 2 is 1.59 bits per heavy atom. The highest BCUT2D eigenvalue weighted by molar-refractivity contribution is 5.92. The number of hydrogen-bond donors (Lipinski definition) is 8. The Morgan fingerprint density at radius 3 is 2.15 bits per heavy atom. The number of carboxylic acid groups (broad SMARTS) is 1. The van der Waals surface area contributed by atoms with E-state index in [2.05, 4.69) is 20.6 Å². The lowest BCUT2D eigenvalue weighted by atomic mass is 10.1. The molecule has 3 atom stereocenters. The molecule has 0 spiro atoms. The molecule has 15 heteroatoms. The lowest BCUT2D eigenvalue weighted by Crippen LogP contribution is -2.53. The fraction of sp³-hybridized carbons (Fsp3) is 0.684. The van der Waals surface area contributed by atoms with E-state index in [1.54, 1.807) is 0 Å². The van der Waals surface area contributed by atoms with E-state index in [4.69, 9.17) is 28.7 Å². The minimum absolute atomic E-state index is 0.0549. The number of hydrogen-bond acceptors (Lipinski definition) is 7. The zero-order valence-electron chi connectivity index (χ0n) is 19.1. The van der Waals surface area contributed by atoms with Gasteiger partial charge in [0.1, 0.15) is 12.1 Å². The first kappa shape index (κ1) is 28.4. The molecule has 34 heavy (non-hydrogen) atoms. The predicted octanol–water partition coefficient (Wildman–Crippen LogP) is -3.90. The molecule has 15 nitrogen and oxygen atoms in total. The molecule has 1 heterocycles. The molecule has 0 aromatic heterocycles. The molecule has 0 radical (unpaired) electrons. The summed E-state index contributed by atoms with van der Waals surface area (Å²) in [4.78, 5) is 57.9. The number of aliphatic carboxylic acids is 1. The van der Waals surface area contributed by atoms with Gasteiger partial charge in [-0.2, -0.15) is 0 Å². The molecule has 1 fully saturated rings. The molecule has 1 aliphatic heterocycles. The molecule has 0 bridgehead atoms. The number of likely N-dealkylation sites (tertiary alicyclic amines) is 1. The predicted molar refractivity (Wildman–Crippen MR) is 125 cm³/mol. The van der Waals surface area contributed by atoms with Crippen molar-refractivity contribution >= 4 is 35.6 Å². The summed E-state index contributed by atoms with van der Waals surface area (Å²) in [6.07, 6.45) is 2.23. The van der Waals surface area contributed by atoms with Crippen LogP contribution in [0, 0.1) is 0 Å². The first-order valence-electron chi connectivity index (χ1n) is 11.0. The largest absolute Gasteiger partial charge is 0.480 e. The van der Waals surface area contributed by atoms with Crippen LogP contribution in [-0.4, -0.2) is 89.9 Å². The number of nitrogens with two attached hydrogens (primary N) is 5. The quantitative estimate of drug-likeness (QED) is 0.0673. The molecule has 0 saturated carbocycles. The van der Waals surface area contributed by atoms with Crippen LogP contribution in [0.1, 0.15) is 38.5 Å². The van der Waals surface area contributed by atoms with Gasteiger partial charge in [0.05, 0.1) is 12.6 Å². The van der Waals surface area contributed by atoms with Crippen molar-refractivity contribution in [1.29, 1.82) is 0 Å². The number of nitrogens with zero attached hydrogens (tertiary/aromatic N) is 3. The highest BCUT2D eigenvalue weighted by Crippen LogP contribution is 2.19. The zero-order chi connectivity index (χ0) is 25.7. The van der Waals surface area contributed by atoms with Crippen molar-refractivity contribution in [3.63, 3.8) is 0 Å². The number of rotatable bonds is 14. The van der Waals surface area contributed by atoms with E-state index in [1.807, 2.05) is 0 Å². The van der Waals surface area contributed by atoms with Gasteiger partial charge in [-0.05, 0) is 38.5 Å². The summed E-state index contributed by atoms with van der Waals surface area (Å²) in [6, 6.07) is -2.80. The smallest absolute Gasteiger partial charge is 0.326 e. The van der Waals surface area contributed by atoms with Crippen LogP contribution in [-0.2, 0) is 19.2 Å². The summed E-state index contributed by atoms with van der Waals surface area (Å²) in [5.74, 6) is -2.92. The number of carboxylic acids is 1. The normalized spacial score (nSPS) is 16.7. The van der Waals surface area contributed by atoms with Crippen LogP contribution in [0.15, 0.2) is 9.98 Å². The number of carbonyl (C=O) groups is 4. The van der Waals surface area contributed by atoms with Gasteiger partial charge in [0.2, 0.25) is 17.7 Å². The number of aliphatic imine (C=N–C) groups is 2.